The van der Waals surface area contributed by atoms with Gasteiger partial charge in [-0.2, -0.15) is 0 Å². The van der Waals surface area contributed by atoms with Crippen molar-refractivity contribution in [1.29, 1.82) is 0 Å². The number of carbonyl (C=O) groups is 9. The molecule has 2 aromatic rings. The summed E-state index contributed by atoms with van der Waals surface area (Å²) < 4.78 is 0. The van der Waals surface area contributed by atoms with Crippen LogP contribution >= 0.6 is 0 Å². The van der Waals surface area contributed by atoms with Gasteiger partial charge in [-0.3, -0.25) is 38.4 Å². The fraction of sp³-hybridized carbons (Fsp3) is 0.512. The van der Waals surface area contributed by atoms with Crippen LogP contribution in [0.25, 0.3) is 0 Å². The molecule has 0 aliphatic heterocycles. The molecule has 7 atom stereocenters. The Balaban J connectivity index is 2.36. The topological polar surface area (TPSA) is 330 Å². The van der Waals surface area contributed by atoms with E-state index in [0.717, 1.165) is 0 Å². The lowest BCUT2D eigenvalue weighted by molar-refractivity contribution is -0.143. The van der Waals surface area contributed by atoms with Gasteiger partial charge in [0, 0.05) is 19.3 Å². The average Bonchev–Trinajstić information content (AvgIpc) is 3.23. The van der Waals surface area contributed by atoms with Crippen molar-refractivity contribution in [3.05, 3.63) is 71.8 Å². The molecular formula is C43H63N9O11. The molecule has 20 nitrogen and oxygen atoms in total. The highest BCUT2D eigenvalue weighted by Crippen LogP contribution is 2.12. The predicted molar refractivity (Wildman–Crippen MR) is 231 cm³/mol. The lowest BCUT2D eigenvalue weighted by Crippen LogP contribution is -2.60. The minimum atomic E-state index is -1.55. The molecule has 0 saturated carbocycles. The van der Waals surface area contributed by atoms with Gasteiger partial charge < -0.3 is 58.9 Å². The molecule has 63 heavy (non-hydrogen) atoms. The fourth-order valence-corrected chi connectivity index (χ4v) is 6.28. The van der Waals surface area contributed by atoms with Crippen molar-refractivity contribution in [3.8, 4) is 0 Å². The van der Waals surface area contributed by atoms with Gasteiger partial charge in [0.25, 0.3) is 0 Å². The van der Waals surface area contributed by atoms with Crippen molar-refractivity contribution in [3.63, 3.8) is 0 Å². The van der Waals surface area contributed by atoms with Gasteiger partial charge in [-0.1, -0.05) is 88.4 Å². The average molecular weight is 882 g/mol. The number of nitrogens with two attached hydrogens (primary N) is 2. The number of aliphatic hydroxyl groups excluding tert-OH is 1. The van der Waals surface area contributed by atoms with Crippen LogP contribution in [0.2, 0.25) is 0 Å². The van der Waals surface area contributed by atoms with Crippen LogP contribution in [0.1, 0.15) is 71.4 Å². The standard InChI is InChI=1S/C43H63N9O11/c1-24(2)18-30(48-41(60)32(21-28-14-10-7-11-15-28)49-38(57)29(16-17-35(45)54)47-36(55)22-44)40(59)50-31(20-27-12-8-6-9-13-27)39(58)46-26(5)37(56)52-34(23-53)42(61)51-33(43(62)63)19-25(3)4/h6-15,24-26,29-34,53H,16-23,44H2,1-5H3,(H2,45,54)(H,46,58)(H,47,55)(H,48,60)(H,49,57)(H,50,59)(H,51,61)(H,52,56)(H,62,63)/t26-,29-,30-,31-,32-,33-,34-/m0/s1. The van der Waals surface area contributed by atoms with Crippen LogP contribution in [0.3, 0.4) is 0 Å². The molecule has 0 saturated heterocycles. The molecular weight excluding hydrogens is 819 g/mol. The van der Waals surface area contributed by atoms with E-state index in [-0.39, 0.29) is 50.4 Å². The van der Waals surface area contributed by atoms with Gasteiger partial charge in [-0.15, -0.1) is 0 Å². The number of aliphatic hydroxyl groups is 1. The van der Waals surface area contributed by atoms with E-state index in [4.69, 9.17) is 11.5 Å². The molecule has 0 fully saturated rings. The summed E-state index contributed by atoms with van der Waals surface area (Å²) in [6.45, 7) is 7.12. The Labute approximate surface area is 366 Å². The van der Waals surface area contributed by atoms with E-state index in [1.807, 2.05) is 0 Å². The number of benzene rings is 2. The molecule has 0 aliphatic carbocycles. The predicted octanol–water partition coefficient (Wildman–Crippen LogP) is -1.72. The van der Waals surface area contributed by atoms with Crippen molar-refractivity contribution < 1.29 is 53.4 Å². The Morgan fingerprint density at radius 3 is 1.37 bits per heavy atom. The Morgan fingerprint density at radius 2 is 0.921 bits per heavy atom. The van der Waals surface area contributed by atoms with Crippen molar-refractivity contribution in [2.75, 3.05) is 13.2 Å². The second-order valence-electron chi connectivity index (χ2n) is 16.0. The molecule has 0 aliphatic rings. The summed E-state index contributed by atoms with van der Waals surface area (Å²) in [5.74, 6) is -7.98. The first-order valence-electron chi connectivity index (χ1n) is 20.8. The minimum Gasteiger partial charge on any atom is -0.480 e. The zero-order chi connectivity index (χ0) is 47.2. The van der Waals surface area contributed by atoms with Gasteiger partial charge in [-0.25, -0.2) is 4.79 Å². The fourth-order valence-electron chi connectivity index (χ4n) is 6.28. The number of hydrogen-bond acceptors (Lipinski definition) is 11. The maximum atomic E-state index is 14.1. The molecule has 13 N–H and O–H groups in total. The molecule has 0 radical (unpaired) electrons. The molecule has 8 amide bonds. The normalized spacial score (nSPS) is 14.4. The van der Waals surface area contributed by atoms with Gasteiger partial charge >= 0.3 is 5.97 Å². The summed E-state index contributed by atoms with van der Waals surface area (Å²) in [5, 5.41) is 37.0. The van der Waals surface area contributed by atoms with Crippen molar-refractivity contribution >= 4 is 53.2 Å². The van der Waals surface area contributed by atoms with E-state index >= 15 is 0 Å². The van der Waals surface area contributed by atoms with E-state index in [9.17, 15) is 53.4 Å². The minimum absolute atomic E-state index is 0.0440. The van der Waals surface area contributed by atoms with Crippen molar-refractivity contribution in [2.24, 2.45) is 23.3 Å². The van der Waals surface area contributed by atoms with E-state index in [0.29, 0.717) is 11.1 Å². The number of nitrogens with one attached hydrogen (secondary N) is 7. The lowest BCUT2D eigenvalue weighted by Gasteiger charge is -2.28. The summed E-state index contributed by atoms with van der Waals surface area (Å²) in [6, 6.07) is 8.00. The van der Waals surface area contributed by atoms with Gasteiger partial charge in [0.15, 0.2) is 0 Å². The zero-order valence-corrected chi connectivity index (χ0v) is 36.3. The van der Waals surface area contributed by atoms with Gasteiger partial charge in [0.05, 0.1) is 13.2 Å². The zero-order valence-electron chi connectivity index (χ0n) is 36.3. The third-order valence-corrected chi connectivity index (χ3v) is 9.58. The molecule has 0 heterocycles. The smallest absolute Gasteiger partial charge is 0.326 e. The molecule has 2 aromatic carbocycles. The van der Waals surface area contributed by atoms with E-state index in [2.05, 4.69) is 37.2 Å². The van der Waals surface area contributed by atoms with Crippen LogP contribution in [0.5, 0.6) is 0 Å². The highest BCUT2D eigenvalue weighted by atomic mass is 16.4. The van der Waals surface area contributed by atoms with E-state index in [1.165, 1.54) is 6.92 Å². The number of hydrogen-bond donors (Lipinski definition) is 11. The Bertz CT molecular complexity index is 1860. The summed E-state index contributed by atoms with van der Waals surface area (Å²) in [4.78, 5) is 117. The Morgan fingerprint density at radius 1 is 0.524 bits per heavy atom. The molecule has 0 aromatic heterocycles. The summed E-state index contributed by atoms with van der Waals surface area (Å²) >= 11 is 0. The van der Waals surface area contributed by atoms with Crippen LogP contribution in [-0.2, 0) is 56.0 Å². The van der Waals surface area contributed by atoms with Crippen molar-refractivity contribution in [1.82, 2.24) is 37.2 Å². The number of carbonyl (C=O) groups excluding carboxylic acids is 8. The molecule has 0 unspecified atom stereocenters. The summed E-state index contributed by atoms with van der Waals surface area (Å²) in [7, 11) is 0. The highest BCUT2D eigenvalue weighted by Gasteiger charge is 2.34. The van der Waals surface area contributed by atoms with Crippen LogP contribution in [0, 0.1) is 11.8 Å². The first kappa shape index (κ1) is 52.7. The lowest BCUT2D eigenvalue weighted by atomic mass is 9.99. The number of amides is 8. The molecule has 346 valence electrons. The Kier molecular flexibility index (Phi) is 22.4. The third-order valence-electron chi connectivity index (χ3n) is 9.58. The molecule has 20 heteroatoms. The SMILES string of the molecule is CC(C)C[C@H](NC(=O)[C@H](CO)NC(=O)[C@H](C)NC(=O)[C@H](Cc1ccccc1)NC(=O)[C@H](CC(C)C)NC(=O)[C@H](Cc1ccccc1)NC(=O)[C@H](CCC(N)=O)NC(=O)CN)C(=O)O. The second kappa shape index (κ2) is 26.8. The molecule has 0 spiro atoms. The molecule has 2 rings (SSSR count). The Hall–Kier alpha value is -6.41. The summed E-state index contributed by atoms with van der Waals surface area (Å²) in [6.07, 6.45) is -0.365. The van der Waals surface area contributed by atoms with Gasteiger partial charge in [0.1, 0.15) is 42.3 Å². The van der Waals surface area contributed by atoms with Crippen LogP contribution in [-0.4, -0.2) is 119 Å². The summed E-state index contributed by atoms with van der Waals surface area (Å²) in [5.41, 5.74) is 12.0. The van der Waals surface area contributed by atoms with Gasteiger partial charge in [-0.05, 0) is 49.1 Å². The second-order valence-corrected chi connectivity index (χ2v) is 16.0. The van der Waals surface area contributed by atoms with Gasteiger partial charge in [0.2, 0.25) is 47.3 Å². The largest absolute Gasteiger partial charge is 0.480 e. The number of carboxylic acids is 1. The number of rotatable bonds is 27. The van der Waals surface area contributed by atoms with Crippen molar-refractivity contribution in [2.45, 2.75) is 115 Å². The first-order valence-corrected chi connectivity index (χ1v) is 20.8. The maximum absolute atomic E-state index is 14.1. The number of primary amides is 1. The van der Waals surface area contributed by atoms with Crippen LogP contribution in [0.15, 0.2) is 60.7 Å². The quantitative estimate of drug-likeness (QED) is 0.0478. The number of aliphatic carboxylic acids is 1. The maximum Gasteiger partial charge on any atom is 0.326 e. The first-order chi connectivity index (χ1) is 29.7. The van der Waals surface area contributed by atoms with E-state index < -0.39 is 109 Å². The molecule has 0 bridgehead atoms. The monoisotopic (exact) mass is 881 g/mol. The highest BCUT2D eigenvalue weighted by molar-refractivity contribution is 5.97. The van der Waals surface area contributed by atoms with E-state index in [1.54, 1.807) is 88.4 Å². The van der Waals surface area contributed by atoms with Crippen LogP contribution in [0.4, 0.5) is 0 Å². The van der Waals surface area contributed by atoms with Crippen LogP contribution < -0.4 is 48.7 Å². The third kappa shape index (κ3) is 19.5. The number of carboxylic acid groups (broad SMARTS) is 1.